The summed E-state index contributed by atoms with van der Waals surface area (Å²) in [5.74, 6) is -0.402. The number of carbonyl (C=O) groups excluding carboxylic acids is 2. The third-order valence-electron chi connectivity index (χ3n) is 5.16. The van der Waals surface area contributed by atoms with E-state index in [0.717, 1.165) is 0 Å². The van der Waals surface area contributed by atoms with Crippen molar-refractivity contribution in [3.05, 3.63) is 76.0 Å². The molecule has 0 spiro atoms. The summed E-state index contributed by atoms with van der Waals surface area (Å²) in [7, 11) is 3.00. The van der Waals surface area contributed by atoms with Crippen LogP contribution in [-0.2, 0) is 9.59 Å². The Morgan fingerprint density at radius 2 is 1.81 bits per heavy atom. The van der Waals surface area contributed by atoms with Gasteiger partial charge in [-0.1, -0.05) is 28.9 Å². The standard InChI is InChI=1S/C23H19ClN2O6/c1-12-10-18(25-32-12)26-20(13-4-7-15(30-2)8-5-13)19(22(28)23(26)29)21(27)14-6-9-17(31-3)16(24)11-14/h4-11,20,27H,1-3H3. The number of aliphatic hydroxyl groups excluding tert-OH is 1. The number of aromatic nitrogens is 1. The first kappa shape index (κ1) is 21.5. The summed E-state index contributed by atoms with van der Waals surface area (Å²) in [4.78, 5) is 27.3. The number of hydrogen-bond acceptors (Lipinski definition) is 7. The van der Waals surface area contributed by atoms with Gasteiger partial charge in [-0.2, -0.15) is 0 Å². The van der Waals surface area contributed by atoms with E-state index in [1.807, 2.05) is 0 Å². The van der Waals surface area contributed by atoms with Gasteiger partial charge in [-0.3, -0.25) is 14.5 Å². The lowest BCUT2D eigenvalue weighted by Crippen LogP contribution is -2.29. The second kappa shape index (κ2) is 8.39. The van der Waals surface area contributed by atoms with Gasteiger partial charge >= 0.3 is 5.91 Å². The first-order valence-corrected chi connectivity index (χ1v) is 9.95. The molecule has 2 heterocycles. The molecule has 1 aromatic heterocycles. The molecule has 1 aliphatic rings. The number of amides is 1. The van der Waals surface area contributed by atoms with Gasteiger partial charge in [0.1, 0.15) is 23.0 Å². The van der Waals surface area contributed by atoms with E-state index in [9.17, 15) is 14.7 Å². The van der Waals surface area contributed by atoms with E-state index < -0.39 is 17.7 Å². The number of anilines is 1. The lowest BCUT2D eigenvalue weighted by Gasteiger charge is -2.23. The fourth-order valence-electron chi connectivity index (χ4n) is 3.61. The van der Waals surface area contributed by atoms with Gasteiger partial charge in [0.15, 0.2) is 5.82 Å². The van der Waals surface area contributed by atoms with Crippen molar-refractivity contribution in [2.24, 2.45) is 0 Å². The zero-order valence-electron chi connectivity index (χ0n) is 17.5. The van der Waals surface area contributed by atoms with Gasteiger partial charge in [-0.05, 0) is 42.8 Å². The number of Topliss-reactive ketones (excluding diaryl/α,β-unsaturated/α-hetero) is 1. The van der Waals surface area contributed by atoms with Crippen LogP contribution in [0.4, 0.5) is 5.82 Å². The first-order valence-electron chi connectivity index (χ1n) is 9.58. The van der Waals surface area contributed by atoms with Crippen molar-refractivity contribution in [1.29, 1.82) is 0 Å². The van der Waals surface area contributed by atoms with Gasteiger partial charge in [-0.15, -0.1) is 0 Å². The number of rotatable bonds is 5. The summed E-state index contributed by atoms with van der Waals surface area (Å²) in [5, 5.41) is 15.3. The van der Waals surface area contributed by atoms with E-state index in [4.69, 9.17) is 25.6 Å². The molecule has 1 saturated heterocycles. The minimum atomic E-state index is -0.939. The van der Waals surface area contributed by atoms with E-state index in [-0.39, 0.29) is 27.7 Å². The Balaban J connectivity index is 1.92. The average Bonchev–Trinajstić information content (AvgIpc) is 3.34. The number of hydrogen-bond donors (Lipinski definition) is 1. The zero-order valence-corrected chi connectivity index (χ0v) is 18.2. The molecule has 1 fully saturated rings. The number of methoxy groups -OCH3 is 2. The normalized spacial score (nSPS) is 17.6. The Labute approximate surface area is 188 Å². The smallest absolute Gasteiger partial charge is 0.301 e. The van der Waals surface area contributed by atoms with Crippen LogP contribution >= 0.6 is 11.6 Å². The number of nitrogens with zero attached hydrogens (tertiary/aromatic N) is 2. The molecule has 0 bridgehead atoms. The van der Waals surface area contributed by atoms with Crippen LogP contribution in [0.3, 0.4) is 0 Å². The van der Waals surface area contributed by atoms with Crippen LogP contribution in [0.15, 0.2) is 58.6 Å². The average molecular weight is 455 g/mol. The highest BCUT2D eigenvalue weighted by molar-refractivity contribution is 6.51. The van der Waals surface area contributed by atoms with Crippen LogP contribution in [-0.4, -0.2) is 36.2 Å². The summed E-state index contributed by atoms with van der Waals surface area (Å²) in [6.45, 7) is 1.68. The van der Waals surface area contributed by atoms with Crippen molar-refractivity contribution in [3.63, 3.8) is 0 Å². The fourth-order valence-corrected chi connectivity index (χ4v) is 3.86. The number of ketones is 1. The molecule has 3 aromatic rings. The second-order valence-electron chi connectivity index (χ2n) is 7.09. The van der Waals surface area contributed by atoms with Crippen molar-refractivity contribution in [2.45, 2.75) is 13.0 Å². The molecule has 1 aliphatic heterocycles. The summed E-state index contributed by atoms with van der Waals surface area (Å²) in [6.07, 6.45) is 0. The second-order valence-corrected chi connectivity index (χ2v) is 7.49. The molecule has 4 rings (SSSR count). The molecular formula is C23H19ClN2O6. The van der Waals surface area contributed by atoms with Crippen LogP contribution in [0.25, 0.3) is 5.76 Å². The lowest BCUT2D eigenvalue weighted by atomic mass is 9.95. The summed E-state index contributed by atoms with van der Waals surface area (Å²) >= 11 is 6.20. The maximum absolute atomic E-state index is 13.1. The largest absolute Gasteiger partial charge is 0.507 e. The molecule has 1 amide bonds. The first-order chi connectivity index (χ1) is 15.3. The monoisotopic (exact) mass is 454 g/mol. The van der Waals surface area contributed by atoms with Crippen LogP contribution in [0.2, 0.25) is 5.02 Å². The van der Waals surface area contributed by atoms with Crippen LogP contribution in [0.5, 0.6) is 11.5 Å². The number of ether oxygens (including phenoxy) is 2. The topological polar surface area (TPSA) is 102 Å². The van der Waals surface area contributed by atoms with Gasteiger partial charge in [-0.25, -0.2) is 0 Å². The fraction of sp³-hybridized carbons (Fsp3) is 0.174. The Bertz CT molecular complexity index is 1230. The van der Waals surface area contributed by atoms with Crippen molar-refractivity contribution in [2.75, 3.05) is 19.1 Å². The SMILES string of the molecule is COc1ccc(C2C(=C(O)c3ccc(OC)c(Cl)c3)C(=O)C(=O)N2c2cc(C)on2)cc1. The zero-order chi connectivity index (χ0) is 23.0. The van der Waals surface area contributed by atoms with Crippen LogP contribution in [0, 0.1) is 6.92 Å². The third-order valence-corrected chi connectivity index (χ3v) is 5.46. The van der Waals surface area contributed by atoms with E-state index >= 15 is 0 Å². The molecule has 1 N–H and O–H groups in total. The Morgan fingerprint density at radius 1 is 1.09 bits per heavy atom. The molecule has 2 aromatic carbocycles. The molecule has 0 radical (unpaired) electrons. The van der Waals surface area contributed by atoms with Crippen molar-refractivity contribution in [3.8, 4) is 11.5 Å². The Hall–Kier alpha value is -3.78. The van der Waals surface area contributed by atoms with E-state index in [1.165, 1.54) is 25.2 Å². The molecule has 0 aliphatic carbocycles. The van der Waals surface area contributed by atoms with Gasteiger partial charge in [0.25, 0.3) is 5.78 Å². The van der Waals surface area contributed by atoms with Crippen molar-refractivity contribution >= 4 is 34.9 Å². The maximum atomic E-state index is 13.1. The van der Waals surface area contributed by atoms with E-state index in [0.29, 0.717) is 22.8 Å². The highest BCUT2D eigenvalue weighted by Gasteiger charge is 2.48. The highest BCUT2D eigenvalue weighted by atomic mass is 35.5. The number of aryl methyl sites for hydroxylation is 1. The molecule has 32 heavy (non-hydrogen) atoms. The number of halogens is 1. The van der Waals surface area contributed by atoms with Crippen LogP contribution in [0.1, 0.15) is 22.9 Å². The summed E-state index contributed by atoms with van der Waals surface area (Å²) in [5.41, 5.74) is 0.748. The predicted molar refractivity (Wildman–Crippen MR) is 117 cm³/mol. The van der Waals surface area contributed by atoms with E-state index in [2.05, 4.69) is 5.16 Å². The molecule has 1 atom stereocenters. The molecule has 1 unspecified atom stereocenters. The molecule has 9 heteroatoms. The Kier molecular flexibility index (Phi) is 5.63. The van der Waals surface area contributed by atoms with E-state index in [1.54, 1.807) is 49.4 Å². The summed E-state index contributed by atoms with van der Waals surface area (Å²) in [6, 6.07) is 12.0. The molecule has 8 nitrogen and oxygen atoms in total. The van der Waals surface area contributed by atoms with Gasteiger partial charge < -0.3 is 19.1 Å². The van der Waals surface area contributed by atoms with Gasteiger partial charge in [0.05, 0.1) is 30.9 Å². The minimum Gasteiger partial charge on any atom is -0.507 e. The quantitative estimate of drug-likeness (QED) is 0.348. The summed E-state index contributed by atoms with van der Waals surface area (Å²) < 4.78 is 15.5. The lowest BCUT2D eigenvalue weighted by molar-refractivity contribution is -0.132. The minimum absolute atomic E-state index is 0.0953. The third kappa shape index (κ3) is 3.58. The number of aliphatic hydroxyl groups is 1. The molecule has 0 saturated carbocycles. The number of carbonyl (C=O) groups is 2. The van der Waals surface area contributed by atoms with Crippen molar-refractivity contribution < 1.29 is 28.7 Å². The number of benzene rings is 2. The van der Waals surface area contributed by atoms with Gasteiger partial charge in [0, 0.05) is 11.6 Å². The van der Waals surface area contributed by atoms with Crippen LogP contribution < -0.4 is 14.4 Å². The maximum Gasteiger partial charge on any atom is 0.301 e. The highest BCUT2D eigenvalue weighted by Crippen LogP contribution is 2.42. The molecule has 164 valence electrons. The van der Waals surface area contributed by atoms with Crippen molar-refractivity contribution in [1.82, 2.24) is 5.16 Å². The molecular weight excluding hydrogens is 436 g/mol. The predicted octanol–water partition coefficient (Wildman–Crippen LogP) is 4.28. The Morgan fingerprint density at radius 3 is 2.38 bits per heavy atom. The van der Waals surface area contributed by atoms with Gasteiger partial charge in [0.2, 0.25) is 0 Å².